The molecule has 4 aromatic rings. The number of hydrogen-bond donors (Lipinski definition) is 2. The average molecular weight is 545 g/mol. The van der Waals surface area contributed by atoms with Crippen LogP contribution in [0.5, 0.6) is 11.9 Å². The van der Waals surface area contributed by atoms with Crippen LogP contribution in [0.25, 0.3) is 22.2 Å². The van der Waals surface area contributed by atoms with Gasteiger partial charge in [-0.05, 0) is 32.9 Å². The van der Waals surface area contributed by atoms with Crippen LogP contribution in [0.3, 0.4) is 0 Å². The van der Waals surface area contributed by atoms with E-state index >= 15 is 4.39 Å². The van der Waals surface area contributed by atoms with Gasteiger partial charge in [0.2, 0.25) is 5.88 Å². The molecule has 5 heterocycles. The van der Waals surface area contributed by atoms with Crippen LogP contribution in [0.15, 0.2) is 24.4 Å². The quantitative estimate of drug-likeness (QED) is 0.354. The van der Waals surface area contributed by atoms with Crippen molar-refractivity contribution in [1.29, 1.82) is 0 Å². The lowest BCUT2D eigenvalue weighted by molar-refractivity contribution is -0.137. The number of ether oxygens (including phenoxy) is 2. The number of nitrogens with two attached hydrogens (primary N) is 2. The van der Waals surface area contributed by atoms with E-state index in [1.54, 1.807) is 18.3 Å². The second kappa shape index (κ2) is 9.36. The Morgan fingerprint density at radius 3 is 2.59 bits per heavy atom. The number of alkyl halides is 3. The Kier molecular flexibility index (Phi) is 6.27. The molecule has 4 N–H and O–H groups in total. The molecule has 0 saturated heterocycles. The van der Waals surface area contributed by atoms with Crippen molar-refractivity contribution in [2.45, 2.75) is 39.0 Å². The van der Waals surface area contributed by atoms with Gasteiger partial charge in [0, 0.05) is 17.3 Å². The number of nitrogens with zero attached hydrogens (tertiary/aromatic N) is 6. The monoisotopic (exact) mass is 544 g/mol. The lowest BCUT2D eigenvalue weighted by Gasteiger charge is -2.34. The third-order valence-electron chi connectivity index (χ3n) is 6.57. The Morgan fingerprint density at radius 2 is 1.92 bits per heavy atom. The third-order valence-corrected chi connectivity index (χ3v) is 6.57. The first-order valence-corrected chi connectivity index (χ1v) is 11.8. The first-order valence-electron chi connectivity index (χ1n) is 11.8. The molecule has 5 rings (SSSR count). The smallest absolute Gasteiger partial charge is 0.418 e. The zero-order valence-electron chi connectivity index (χ0n) is 21.3. The second-order valence-corrected chi connectivity index (χ2v) is 9.11. The van der Waals surface area contributed by atoms with Crippen molar-refractivity contribution in [3.05, 3.63) is 47.0 Å². The fraction of sp³-hybridized carbons (Fsp3) is 0.320. The summed E-state index contributed by atoms with van der Waals surface area (Å²) in [7, 11) is 1.30. The zero-order valence-corrected chi connectivity index (χ0v) is 21.3. The number of pyridine rings is 3. The highest BCUT2D eigenvalue weighted by Gasteiger charge is 2.39. The summed E-state index contributed by atoms with van der Waals surface area (Å²) >= 11 is 0. The number of methoxy groups -OCH3 is 1. The van der Waals surface area contributed by atoms with Gasteiger partial charge in [-0.3, -0.25) is 0 Å². The maximum atomic E-state index is 16.2. The minimum Gasteiger partial charge on any atom is -0.475 e. The van der Waals surface area contributed by atoms with Gasteiger partial charge in [-0.2, -0.15) is 23.1 Å². The number of aromatic nitrogens is 5. The van der Waals surface area contributed by atoms with Crippen LogP contribution in [-0.2, 0) is 6.18 Å². The first kappa shape index (κ1) is 26.1. The maximum Gasteiger partial charge on any atom is 0.418 e. The van der Waals surface area contributed by atoms with Gasteiger partial charge in [0.05, 0.1) is 30.5 Å². The van der Waals surface area contributed by atoms with E-state index in [1.165, 1.54) is 7.11 Å². The molecule has 0 amide bonds. The Morgan fingerprint density at radius 1 is 1.18 bits per heavy atom. The normalized spacial score (nSPS) is 16.1. The van der Waals surface area contributed by atoms with Crippen molar-refractivity contribution < 1.29 is 27.0 Å². The van der Waals surface area contributed by atoms with E-state index in [2.05, 4.69) is 24.9 Å². The molecular weight excluding hydrogens is 520 g/mol. The number of aryl methyl sites for hydroxylation is 1. The summed E-state index contributed by atoms with van der Waals surface area (Å²) in [4.78, 5) is 22.6. The van der Waals surface area contributed by atoms with Gasteiger partial charge in [0.15, 0.2) is 5.82 Å². The van der Waals surface area contributed by atoms with E-state index in [4.69, 9.17) is 20.9 Å². The standard InChI is InChI=1S/C25H24F4N8O2/c1-10-9-39-23-16-20(18(26)19(34-23)14-8-15(30)33-11(2)17(14)25(27,28)29)35-24(38-4)36-22(16)37(10)12(3)13-6-5-7-32-21(13)31/h5-8,10,12H,9H2,1-4H3,(H2,30,33)(H2,31,32)/t10-,12?/m0/s1. The van der Waals surface area contributed by atoms with Crippen molar-refractivity contribution in [3.63, 3.8) is 0 Å². The summed E-state index contributed by atoms with van der Waals surface area (Å²) in [5.74, 6) is -0.983. The molecule has 1 aliphatic heterocycles. The van der Waals surface area contributed by atoms with E-state index in [1.807, 2.05) is 18.7 Å². The van der Waals surface area contributed by atoms with Crippen LogP contribution in [0, 0.1) is 12.7 Å². The topological polar surface area (TPSA) is 138 Å². The van der Waals surface area contributed by atoms with Gasteiger partial charge in [-0.15, -0.1) is 0 Å². The molecule has 0 radical (unpaired) electrons. The highest BCUT2D eigenvalue weighted by atomic mass is 19.4. The van der Waals surface area contributed by atoms with Crippen molar-refractivity contribution in [3.8, 4) is 23.1 Å². The number of rotatable bonds is 4. The van der Waals surface area contributed by atoms with Gasteiger partial charge in [0.1, 0.15) is 40.7 Å². The Bertz CT molecular complexity index is 1600. The minimum atomic E-state index is -4.86. The van der Waals surface area contributed by atoms with Gasteiger partial charge in [0.25, 0.3) is 0 Å². The van der Waals surface area contributed by atoms with E-state index in [-0.39, 0.29) is 47.1 Å². The molecule has 0 aromatic carbocycles. The second-order valence-electron chi connectivity index (χ2n) is 9.11. The summed E-state index contributed by atoms with van der Waals surface area (Å²) < 4.78 is 69.6. The molecule has 39 heavy (non-hydrogen) atoms. The molecule has 14 heteroatoms. The van der Waals surface area contributed by atoms with E-state index in [0.717, 1.165) is 13.0 Å². The molecule has 2 atom stereocenters. The molecule has 0 bridgehead atoms. The molecule has 0 fully saturated rings. The van der Waals surface area contributed by atoms with Crippen LogP contribution in [0.1, 0.15) is 36.7 Å². The maximum absolute atomic E-state index is 16.2. The van der Waals surface area contributed by atoms with Gasteiger partial charge < -0.3 is 25.8 Å². The fourth-order valence-corrected chi connectivity index (χ4v) is 4.89. The summed E-state index contributed by atoms with van der Waals surface area (Å²) in [6, 6.07) is 3.48. The van der Waals surface area contributed by atoms with Crippen LogP contribution < -0.4 is 25.8 Å². The molecule has 10 nitrogen and oxygen atoms in total. The van der Waals surface area contributed by atoms with Crippen molar-refractivity contribution in [1.82, 2.24) is 24.9 Å². The van der Waals surface area contributed by atoms with Gasteiger partial charge >= 0.3 is 12.2 Å². The molecule has 0 aliphatic carbocycles. The summed E-state index contributed by atoms with van der Waals surface area (Å²) in [6.07, 6.45) is -3.30. The first-order chi connectivity index (χ1) is 18.4. The Hall–Kier alpha value is -4.49. The molecule has 204 valence electrons. The van der Waals surface area contributed by atoms with Crippen LogP contribution in [0.4, 0.5) is 35.0 Å². The molecule has 0 spiro atoms. The Labute approximate surface area is 220 Å². The van der Waals surface area contributed by atoms with Crippen LogP contribution in [-0.4, -0.2) is 44.7 Å². The minimum absolute atomic E-state index is 0.0417. The number of anilines is 3. The van der Waals surface area contributed by atoms with E-state index in [0.29, 0.717) is 11.4 Å². The summed E-state index contributed by atoms with van der Waals surface area (Å²) in [5.41, 5.74) is 9.43. The highest BCUT2D eigenvalue weighted by Crippen LogP contribution is 2.45. The number of halogens is 4. The Balaban J connectivity index is 1.83. The van der Waals surface area contributed by atoms with Crippen LogP contribution >= 0.6 is 0 Å². The number of nitrogen functional groups attached to an aromatic ring is 2. The van der Waals surface area contributed by atoms with Crippen molar-refractivity contribution >= 4 is 28.4 Å². The molecular formula is C25H24F4N8O2. The summed E-state index contributed by atoms with van der Waals surface area (Å²) in [6.45, 7) is 4.90. The highest BCUT2D eigenvalue weighted by molar-refractivity contribution is 5.97. The predicted octanol–water partition coefficient (Wildman–Crippen LogP) is 4.47. The predicted molar refractivity (Wildman–Crippen MR) is 136 cm³/mol. The van der Waals surface area contributed by atoms with Gasteiger partial charge in [-0.1, -0.05) is 6.07 Å². The third kappa shape index (κ3) is 4.34. The molecule has 1 unspecified atom stereocenters. The largest absolute Gasteiger partial charge is 0.475 e. The van der Waals surface area contributed by atoms with Crippen molar-refractivity contribution in [2.24, 2.45) is 0 Å². The summed E-state index contributed by atoms with van der Waals surface area (Å²) in [5, 5.41) is 0.0722. The lowest BCUT2D eigenvalue weighted by Crippen LogP contribution is -2.39. The fourth-order valence-electron chi connectivity index (χ4n) is 4.89. The van der Waals surface area contributed by atoms with Gasteiger partial charge in [-0.25, -0.2) is 19.3 Å². The lowest BCUT2D eigenvalue weighted by atomic mass is 10.0. The van der Waals surface area contributed by atoms with Crippen LogP contribution in [0.2, 0.25) is 0 Å². The molecule has 0 saturated carbocycles. The zero-order chi connectivity index (χ0) is 28.2. The SMILES string of the molecule is COc1nc2c3c(nc(-c4cc(N)nc(C)c4C(F)(F)F)c(F)c3n1)OC[C@H](C)N2C(C)c1cccnc1N. The van der Waals surface area contributed by atoms with Crippen molar-refractivity contribution in [2.75, 3.05) is 30.1 Å². The number of hydrogen-bond acceptors (Lipinski definition) is 10. The van der Waals surface area contributed by atoms with E-state index in [9.17, 15) is 13.2 Å². The van der Waals surface area contributed by atoms with E-state index < -0.39 is 40.6 Å². The molecule has 1 aliphatic rings. The molecule has 4 aromatic heterocycles. The average Bonchev–Trinajstić information content (AvgIpc) is 3.00.